The van der Waals surface area contributed by atoms with Gasteiger partial charge in [-0.3, -0.25) is 4.79 Å². The number of nitrogens with zero attached hydrogens (tertiary/aromatic N) is 1. The van der Waals surface area contributed by atoms with Crippen LogP contribution in [0.1, 0.15) is 12.8 Å². The van der Waals surface area contributed by atoms with Gasteiger partial charge in [0.25, 0.3) is 0 Å². The first kappa shape index (κ1) is 7.07. The highest BCUT2D eigenvalue weighted by Crippen LogP contribution is 2.36. The molecule has 3 nitrogen and oxygen atoms in total. The predicted molar refractivity (Wildman–Crippen MR) is 33.8 cm³/mol. The summed E-state index contributed by atoms with van der Waals surface area (Å²) in [5.41, 5.74) is 0. The number of hydrogen-bond donors (Lipinski definition) is 0. The number of methoxy groups -OCH3 is 1. The molecule has 0 aromatic heterocycles. The SMILES string of the molecule is COC(=O)C(C#N)C1CC1. The van der Waals surface area contributed by atoms with Gasteiger partial charge < -0.3 is 4.74 Å². The van der Waals surface area contributed by atoms with Crippen molar-refractivity contribution in [3.05, 3.63) is 0 Å². The molecular formula is C7H9NO2. The molecule has 54 valence electrons. The third-order valence-corrected chi connectivity index (χ3v) is 1.69. The van der Waals surface area contributed by atoms with E-state index in [4.69, 9.17) is 5.26 Å². The molecule has 0 radical (unpaired) electrons. The van der Waals surface area contributed by atoms with E-state index in [-0.39, 0.29) is 11.9 Å². The first-order chi connectivity index (χ1) is 4.79. The lowest BCUT2D eigenvalue weighted by Crippen LogP contribution is -2.15. The van der Waals surface area contributed by atoms with E-state index in [1.54, 1.807) is 0 Å². The normalized spacial score (nSPS) is 19.2. The van der Waals surface area contributed by atoms with Gasteiger partial charge in [0.15, 0.2) is 0 Å². The zero-order chi connectivity index (χ0) is 7.56. The molecule has 1 aliphatic rings. The number of rotatable bonds is 2. The highest BCUT2D eigenvalue weighted by Gasteiger charge is 2.36. The van der Waals surface area contributed by atoms with Crippen molar-refractivity contribution in [3.63, 3.8) is 0 Å². The lowest BCUT2D eigenvalue weighted by atomic mass is 10.1. The van der Waals surface area contributed by atoms with E-state index in [9.17, 15) is 4.79 Å². The maximum Gasteiger partial charge on any atom is 0.323 e. The van der Waals surface area contributed by atoms with Gasteiger partial charge in [-0.2, -0.15) is 5.26 Å². The summed E-state index contributed by atoms with van der Waals surface area (Å²) < 4.78 is 4.44. The van der Waals surface area contributed by atoms with Crippen LogP contribution in [0.4, 0.5) is 0 Å². The zero-order valence-corrected chi connectivity index (χ0v) is 5.83. The molecule has 0 spiro atoms. The van der Waals surface area contributed by atoms with Crippen LogP contribution in [0.2, 0.25) is 0 Å². The van der Waals surface area contributed by atoms with E-state index in [2.05, 4.69) is 4.74 Å². The van der Waals surface area contributed by atoms with Gasteiger partial charge in [0, 0.05) is 0 Å². The van der Waals surface area contributed by atoms with Gasteiger partial charge in [0.1, 0.15) is 5.92 Å². The summed E-state index contributed by atoms with van der Waals surface area (Å²) in [5.74, 6) is -0.618. The standard InChI is InChI=1S/C7H9NO2/c1-10-7(9)6(4-8)5-2-3-5/h5-6H,2-3H2,1H3. The van der Waals surface area contributed by atoms with Crippen molar-refractivity contribution in [1.82, 2.24) is 0 Å². The highest BCUT2D eigenvalue weighted by molar-refractivity contribution is 5.75. The van der Waals surface area contributed by atoms with E-state index in [1.807, 2.05) is 6.07 Å². The maximum atomic E-state index is 10.8. The first-order valence-corrected chi connectivity index (χ1v) is 3.27. The van der Waals surface area contributed by atoms with E-state index in [0.29, 0.717) is 0 Å². The second-order valence-corrected chi connectivity index (χ2v) is 2.47. The van der Waals surface area contributed by atoms with Crippen molar-refractivity contribution < 1.29 is 9.53 Å². The number of hydrogen-bond acceptors (Lipinski definition) is 3. The van der Waals surface area contributed by atoms with E-state index in [1.165, 1.54) is 7.11 Å². The second-order valence-electron chi connectivity index (χ2n) is 2.47. The van der Waals surface area contributed by atoms with Crippen molar-refractivity contribution >= 4 is 5.97 Å². The van der Waals surface area contributed by atoms with Crippen LogP contribution in [0.15, 0.2) is 0 Å². The fourth-order valence-corrected chi connectivity index (χ4v) is 0.907. The van der Waals surface area contributed by atoms with Gasteiger partial charge in [0.05, 0.1) is 13.2 Å². The Bertz CT molecular complexity index is 179. The summed E-state index contributed by atoms with van der Waals surface area (Å²) in [6.07, 6.45) is 1.99. The van der Waals surface area contributed by atoms with Crippen LogP contribution in [0, 0.1) is 23.2 Å². The molecule has 1 saturated carbocycles. The average molecular weight is 139 g/mol. The van der Waals surface area contributed by atoms with Crippen molar-refractivity contribution in [2.75, 3.05) is 7.11 Å². The fourth-order valence-electron chi connectivity index (χ4n) is 0.907. The highest BCUT2D eigenvalue weighted by atomic mass is 16.5. The summed E-state index contributed by atoms with van der Waals surface area (Å²) in [4.78, 5) is 10.8. The summed E-state index contributed by atoms with van der Waals surface area (Å²) in [7, 11) is 1.31. The molecule has 1 aliphatic carbocycles. The van der Waals surface area contributed by atoms with Crippen LogP contribution in [0.3, 0.4) is 0 Å². The van der Waals surface area contributed by atoms with Crippen LogP contribution < -0.4 is 0 Å². The Morgan fingerprint density at radius 2 is 2.40 bits per heavy atom. The topological polar surface area (TPSA) is 50.1 Å². The monoisotopic (exact) mass is 139 g/mol. The molecule has 0 N–H and O–H groups in total. The predicted octanol–water partition coefficient (Wildman–Crippen LogP) is 0.709. The quantitative estimate of drug-likeness (QED) is 0.529. The molecule has 0 aromatic carbocycles. The number of carbonyl (C=O) groups excluding carboxylic acids is 1. The van der Waals surface area contributed by atoms with Gasteiger partial charge in [-0.25, -0.2) is 0 Å². The van der Waals surface area contributed by atoms with Crippen LogP contribution in [0.5, 0.6) is 0 Å². The molecular weight excluding hydrogens is 130 g/mol. The summed E-state index contributed by atoms with van der Waals surface area (Å²) >= 11 is 0. The molecule has 1 unspecified atom stereocenters. The lowest BCUT2D eigenvalue weighted by molar-refractivity contribution is -0.144. The lowest BCUT2D eigenvalue weighted by Gasteiger charge is -2.02. The van der Waals surface area contributed by atoms with Crippen molar-refractivity contribution in [2.45, 2.75) is 12.8 Å². The number of ether oxygens (including phenoxy) is 1. The van der Waals surface area contributed by atoms with Gasteiger partial charge >= 0.3 is 5.97 Å². The molecule has 0 saturated heterocycles. The molecule has 10 heavy (non-hydrogen) atoms. The third-order valence-electron chi connectivity index (χ3n) is 1.69. The molecule has 1 atom stereocenters. The molecule has 1 rings (SSSR count). The molecule has 0 amide bonds. The Hall–Kier alpha value is -1.04. The van der Waals surface area contributed by atoms with Crippen LogP contribution in [-0.2, 0) is 9.53 Å². The molecule has 0 aromatic rings. The Balaban J connectivity index is 2.48. The molecule has 0 aliphatic heterocycles. The van der Waals surface area contributed by atoms with Crippen molar-refractivity contribution in [2.24, 2.45) is 11.8 Å². The summed E-state index contributed by atoms with van der Waals surface area (Å²) in [6, 6.07) is 1.94. The fraction of sp³-hybridized carbons (Fsp3) is 0.714. The van der Waals surface area contributed by atoms with E-state index < -0.39 is 5.92 Å². The van der Waals surface area contributed by atoms with Crippen LogP contribution in [0.25, 0.3) is 0 Å². The Kier molecular flexibility index (Phi) is 1.91. The number of esters is 1. The number of carbonyl (C=O) groups is 1. The van der Waals surface area contributed by atoms with Gasteiger partial charge in [-0.15, -0.1) is 0 Å². The zero-order valence-electron chi connectivity index (χ0n) is 5.83. The average Bonchev–Trinajstić information content (AvgIpc) is 2.73. The van der Waals surface area contributed by atoms with E-state index in [0.717, 1.165) is 12.8 Å². The first-order valence-electron chi connectivity index (χ1n) is 3.27. The van der Waals surface area contributed by atoms with Crippen molar-refractivity contribution in [3.8, 4) is 6.07 Å². The second kappa shape index (κ2) is 2.70. The molecule has 3 heteroatoms. The largest absolute Gasteiger partial charge is 0.468 e. The van der Waals surface area contributed by atoms with E-state index >= 15 is 0 Å². The summed E-state index contributed by atoms with van der Waals surface area (Å²) in [6.45, 7) is 0. The van der Waals surface area contributed by atoms with Crippen LogP contribution >= 0.6 is 0 Å². The van der Waals surface area contributed by atoms with Crippen LogP contribution in [-0.4, -0.2) is 13.1 Å². The molecule has 0 bridgehead atoms. The van der Waals surface area contributed by atoms with Gasteiger partial charge in [0.2, 0.25) is 0 Å². The smallest absolute Gasteiger partial charge is 0.323 e. The Morgan fingerprint density at radius 3 is 2.70 bits per heavy atom. The summed E-state index contributed by atoms with van der Waals surface area (Å²) in [5, 5.41) is 8.49. The molecule has 0 heterocycles. The maximum absolute atomic E-state index is 10.8. The van der Waals surface area contributed by atoms with Crippen molar-refractivity contribution in [1.29, 1.82) is 5.26 Å². The van der Waals surface area contributed by atoms with Gasteiger partial charge in [-0.1, -0.05) is 0 Å². The third kappa shape index (κ3) is 1.27. The van der Waals surface area contributed by atoms with Gasteiger partial charge in [-0.05, 0) is 18.8 Å². The Morgan fingerprint density at radius 1 is 1.80 bits per heavy atom. The Labute approximate surface area is 59.6 Å². The number of nitriles is 1. The minimum atomic E-state index is -0.509. The molecule has 1 fully saturated rings. The minimum absolute atomic E-state index is 0.275. The minimum Gasteiger partial charge on any atom is -0.468 e.